The third-order valence-electron chi connectivity index (χ3n) is 3.52. The van der Waals surface area contributed by atoms with Crippen LogP contribution < -0.4 is 0 Å². The van der Waals surface area contributed by atoms with Crippen LogP contribution in [0, 0.1) is 0 Å². The molecule has 0 bridgehead atoms. The summed E-state index contributed by atoms with van der Waals surface area (Å²) in [5, 5.41) is 0. The summed E-state index contributed by atoms with van der Waals surface area (Å²) in [5.74, 6) is 0. The molecule has 0 atom stereocenters. The van der Waals surface area contributed by atoms with Gasteiger partial charge in [0.15, 0.2) is 0 Å². The average Bonchev–Trinajstić information content (AvgIpc) is 2.06. The van der Waals surface area contributed by atoms with Crippen molar-refractivity contribution >= 4 is 0 Å². The van der Waals surface area contributed by atoms with Crippen LogP contribution in [0.3, 0.4) is 0 Å². The normalized spacial score (nSPS) is 24.4. The van der Waals surface area contributed by atoms with Gasteiger partial charge in [-0.3, -0.25) is 9.80 Å². The first kappa shape index (κ1) is 13.0. The topological polar surface area (TPSA) is 6.48 Å². The first-order valence-electron chi connectivity index (χ1n) is 6.27. The van der Waals surface area contributed by atoms with Crippen molar-refractivity contribution in [2.45, 2.75) is 59.0 Å². The quantitative estimate of drug-likeness (QED) is 0.694. The summed E-state index contributed by atoms with van der Waals surface area (Å²) in [6.07, 6.45) is 1.26. The Balaban J connectivity index is 2.64. The van der Waals surface area contributed by atoms with E-state index in [9.17, 15) is 0 Å². The fraction of sp³-hybridized carbons (Fsp3) is 1.00. The van der Waals surface area contributed by atoms with Crippen LogP contribution in [0.2, 0.25) is 0 Å². The van der Waals surface area contributed by atoms with Gasteiger partial charge < -0.3 is 0 Å². The van der Waals surface area contributed by atoms with E-state index in [1.54, 1.807) is 0 Å². The molecule has 1 heterocycles. The maximum Gasteiger partial charge on any atom is 0.0280 e. The molecule has 0 aromatic carbocycles. The van der Waals surface area contributed by atoms with Gasteiger partial charge in [-0.05, 0) is 47.6 Å². The molecule has 0 saturated carbocycles. The molecule has 0 aliphatic carbocycles. The van der Waals surface area contributed by atoms with Crippen molar-refractivity contribution in [1.82, 2.24) is 9.80 Å². The number of piperazine rings is 1. The summed E-state index contributed by atoms with van der Waals surface area (Å²) in [7, 11) is 0. The van der Waals surface area contributed by atoms with E-state index in [0.29, 0.717) is 11.1 Å². The molecular formula is C13H28N2. The molecule has 0 spiro atoms. The Bertz CT molecular complexity index is 203. The first-order chi connectivity index (χ1) is 6.77. The Morgan fingerprint density at radius 3 is 2.13 bits per heavy atom. The zero-order chi connectivity index (χ0) is 11.7. The molecule has 0 N–H and O–H groups in total. The van der Waals surface area contributed by atoms with Gasteiger partial charge in [-0.1, -0.05) is 6.92 Å². The van der Waals surface area contributed by atoms with Crippen molar-refractivity contribution in [3.8, 4) is 0 Å². The highest BCUT2D eigenvalue weighted by Gasteiger charge is 2.36. The molecule has 0 aromatic heterocycles. The van der Waals surface area contributed by atoms with E-state index in [0.717, 1.165) is 0 Å². The third kappa shape index (κ3) is 3.18. The number of rotatable bonds is 2. The lowest BCUT2D eigenvalue weighted by Crippen LogP contribution is -2.62. The van der Waals surface area contributed by atoms with Crippen molar-refractivity contribution in [3.05, 3.63) is 0 Å². The summed E-state index contributed by atoms with van der Waals surface area (Å²) < 4.78 is 0. The highest BCUT2D eigenvalue weighted by molar-refractivity contribution is 4.93. The summed E-state index contributed by atoms with van der Waals surface area (Å²) >= 11 is 0. The zero-order valence-electron chi connectivity index (χ0n) is 11.4. The Kier molecular flexibility index (Phi) is 3.83. The van der Waals surface area contributed by atoms with Gasteiger partial charge in [0, 0.05) is 30.7 Å². The summed E-state index contributed by atoms with van der Waals surface area (Å²) in [4.78, 5) is 5.24. The molecule has 1 fully saturated rings. The minimum atomic E-state index is 0.315. The minimum absolute atomic E-state index is 0.315. The molecule has 0 amide bonds. The molecular weight excluding hydrogens is 184 g/mol. The van der Waals surface area contributed by atoms with Crippen LogP contribution in [0.5, 0.6) is 0 Å². The van der Waals surface area contributed by atoms with E-state index < -0.39 is 0 Å². The van der Waals surface area contributed by atoms with Gasteiger partial charge >= 0.3 is 0 Å². The molecule has 90 valence electrons. The molecule has 1 saturated heterocycles. The Morgan fingerprint density at radius 2 is 1.73 bits per heavy atom. The van der Waals surface area contributed by atoms with Gasteiger partial charge in [-0.25, -0.2) is 0 Å². The predicted molar refractivity (Wildman–Crippen MR) is 67.3 cm³/mol. The fourth-order valence-electron chi connectivity index (χ4n) is 2.45. The van der Waals surface area contributed by atoms with Gasteiger partial charge in [0.2, 0.25) is 0 Å². The number of hydrogen-bond donors (Lipinski definition) is 0. The van der Waals surface area contributed by atoms with Crippen molar-refractivity contribution in [2.75, 3.05) is 26.2 Å². The molecule has 1 aliphatic heterocycles. The van der Waals surface area contributed by atoms with E-state index in [2.05, 4.69) is 51.3 Å². The standard InChI is InChI=1S/C13H28N2/c1-7-8-14-9-10-15(12(2,3)4)11-13(14,5)6/h7-11H2,1-6H3. The van der Waals surface area contributed by atoms with E-state index in [1.165, 1.54) is 32.6 Å². The molecule has 1 aliphatic rings. The van der Waals surface area contributed by atoms with Crippen LogP contribution in [0.15, 0.2) is 0 Å². The first-order valence-corrected chi connectivity index (χ1v) is 6.27. The lowest BCUT2D eigenvalue weighted by atomic mass is 9.94. The van der Waals surface area contributed by atoms with Crippen LogP contribution in [0.1, 0.15) is 48.0 Å². The maximum absolute atomic E-state index is 2.63. The van der Waals surface area contributed by atoms with Gasteiger partial charge in [-0.15, -0.1) is 0 Å². The second-order valence-electron chi connectivity index (χ2n) is 6.39. The summed E-state index contributed by atoms with van der Waals surface area (Å²) in [5.41, 5.74) is 0.650. The molecule has 0 aromatic rings. The highest BCUT2D eigenvalue weighted by atomic mass is 15.3. The van der Waals surface area contributed by atoms with Crippen molar-refractivity contribution < 1.29 is 0 Å². The second-order valence-corrected chi connectivity index (χ2v) is 6.39. The van der Waals surface area contributed by atoms with Gasteiger partial charge in [0.25, 0.3) is 0 Å². The maximum atomic E-state index is 2.63. The van der Waals surface area contributed by atoms with Crippen LogP contribution in [-0.4, -0.2) is 47.1 Å². The average molecular weight is 212 g/mol. The SMILES string of the molecule is CCCN1CCN(C(C)(C)C)CC1(C)C. The van der Waals surface area contributed by atoms with E-state index >= 15 is 0 Å². The largest absolute Gasteiger partial charge is 0.296 e. The van der Waals surface area contributed by atoms with Crippen molar-refractivity contribution in [3.63, 3.8) is 0 Å². The monoisotopic (exact) mass is 212 g/mol. The third-order valence-corrected chi connectivity index (χ3v) is 3.52. The van der Waals surface area contributed by atoms with Gasteiger partial charge in [0.05, 0.1) is 0 Å². The van der Waals surface area contributed by atoms with Gasteiger partial charge in [-0.2, -0.15) is 0 Å². The van der Waals surface area contributed by atoms with Crippen molar-refractivity contribution in [2.24, 2.45) is 0 Å². The van der Waals surface area contributed by atoms with E-state index in [1.807, 2.05) is 0 Å². The second kappa shape index (κ2) is 4.42. The van der Waals surface area contributed by atoms with Crippen LogP contribution in [-0.2, 0) is 0 Å². The Labute approximate surface area is 95.6 Å². The van der Waals surface area contributed by atoms with E-state index in [-0.39, 0.29) is 0 Å². The van der Waals surface area contributed by atoms with Crippen molar-refractivity contribution in [1.29, 1.82) is 0 Å². The smallest absolute Gasteiger partial charge is 0.0280 e. The van der Waals surface area contributed by atoms with E-state index in [4.69, 9.17) is 0 Å². The molecule has 0 radical (unpaired) electrons. The zero-order valence-corrected chi connectivity index (χ0v) is 11.4. The lowest BCUT2D eigenvalue weighted by molar-refractivity contribution is -0.0195. The molecule has 2 nitrogen and oxygen atoms in total. The molecule has 1 rings (SSSR count). The lowest BCUT2D eigenvalue weighted by Gasteiger charge is -2.51. The van der Waals surface area contributed by atoms with Gasteiger partial charge in [0.1, 0.15) is 0 Å². The van der Waals surface area contributed by atoms with Crippen LogP contribution >= 0.6 is 0 Å². The summed E-state index contributed by atoms with van der Waals surface area (Å²) in [6.45, 7) is 18.8. The number of hydrogen-bond acceptors (Lipinski definition) is 2. The molecule has 0 unspecified atom stereocenters. The van der Waals surface area contributed by atoms with Crippen LogP contribution in [0.25, 0.3) is 0 Å². The molecule has 15 heavy (non-hydrogen) atoms. The predicted octanol–water partition coefficient (Wildman–Crippen LogP) is 2.59. The number of nitrogens with zero attached hydrogens (tertiary/aromatic N) is 2. The Hall–Kier alpha value is -0.0800. The minimum Gasteiger partial charge on any atom is -0.296 e. The Morgan fingerprint density at radius 1 is 1.13 bits per heavy atom. The highest BCUT2D eigenvalue weighted by Crippen LogP contribution is 2.26. The van der Waals surface area contributed by atoms with Crippen LogP contribution in [0.4, 0.5) is 0 Å². The summed E-state index contributed by atoms with van der Waals surface area (Å²) in [6, 6.07) is 0. The molecule has 2 heteroatoms. The fourth-order valence-corrected chi connectivity index (χ4v) is 2.45.